The van der Waals surface area contributed by atoms with Gasteiger partial charge in [0.05, 0.1) is 18.3 Å². The molecule has 1 N–H and O–H groups in total. The molecule has 0 saturated carbocycles. The number of nitriles is 1. The van der Waals surface area contributed by atoms with Gasteiger partial charge in [0.25, 0.3) is 0 Å². The van der Waals surface area contributed by atoms with E-state index >= 15 is 0 Å². The molecule has 1 aromatic rings. The smallest absolute Gasteiger partial charge is 0.123 e. The van der Waals surface area contributed by atoms with Crippen LogP contribution in [0.3, 0.4) is 0 Å². The van der Waals surface area contributed by atoms with Crippen LogP contribution in [0.15, 0.2) is 6.07 Å². The molecule has 1 heterocycles. The Kier molecular flexibility index (Phi) is 2.92. The summed E-state index contributed by atoms with van der Waals surface area (Å²) in [5.41, 5.74) is 1.52. The Morgan fingerprint density at radius 2 is 2.29 bits per heavy atom. The second-order valence-corrected chi connectivity index (χ2v) is 3.78. The van der Waals surface area contributed by atoms with Crippen molar-refractivity contribution in [2.75, 3.05) is 7.05 Å². The SMILES string of the molecule is CNC(C)(C#N)Cn1nc(C)cc1C. The van der Waals surface area contributed by atoms with E-state index in [-0.39, 0.29) is 0 Å². The summed E-state index contributed by atoms with van der Waals surface area (Å²) < 4.78 is 1.86. The molecule has 0 saturated heterocycles. The maximum Gasteiger partial charge on any atom is 0.123 e. The van der Waals surface area contributed by atoms with Gasteiger partial charge in [0.15, 0.2) is 0 Å². The van der Waals surface area contributed by atoms with Crippen molar-refractivity contribution in [1.82, 2.24) is 15.1 Å². The zero-order valence-corrected chi connectivity index (χ0v) is 9.13. The molecule has 0 bridgehead atoms. The zero-order valence-electron chi connectivity index (χ0n) is 9.13. The molecular weight excluding hydrogens is 176 g/mol. The van der Waals surface area contributed by atoms with E-state index < -0.39 is 5.54 Å². The van der Waals surface area contributed by atoms with Crippen molar-refractivity contribution in [3.05, 3.63) is 17.5 Å². The summed E-state index contributed by atoms with van der Waals surface area (Å²) in [5, 5.41) is 16.3. The summed E-state index contributed by atoms with van der Waals surface area (Å²) in [6.45, 7) is 6.38. The second-order valence-electron chi connectivity index (χ2n) is 3.78. The first-order chi connectivity index (χ1) is 6.50. The molecule has 0 spiro atoms. The summed E-state index contributed by atoms with van der Waals surface area (Å²) in [7, 11) is 1.79. The van der Waals surface area contributed by atoms with E-state index in [1.807, 2.05) is 31.5 Å². The van der Waals surface area contributed by atoms with E-state index in [0.29, 0.717) is 6.54 Å². The van der Waals surface area contributed by atoms with Crippen molar-refractivity contribution < 1.29 is 0 Å². The van der Waals surface area contributed by atoms with Gasteiger partial charge < -0.3 is 5.32 Å². The molecule has 1 atom stereocenters. The predicted molar refractivity (Wildman–Crippen MR) is 54.8 cm³/mol. The Hall–Kier alpha value is -1.34. The molecule has 76 valence electrons. The van der Waals surface area contributed by atoms with E-state index in [9.17, 15) is 0 Å². The minimum Gasteiger partial charge on any atom is -0.301 e. The maximum absolute atomic E-state index is 8.99. The lowest BCUT2D eigenvalue weighted by Crippen LogP contribution is -2.42. The lowest BCUT2D eigenvalue weighted by Gasteiger charge is -2.21. The van der Waals surface area contributed by atoms with E-state index in [4.69, 9.17) is 5.26 Å². The van der Waals surface area contributed by atoms with Gasteiger partial charge in [-0.05, 0) is 33.9 Å². The zero-order chi connectivity index (χ0) is 10.8. The third-order valence-corrected chi connectivity index (χ3v) is 2.37. The molecule has 0 aromatic carbocycles. The Balaban J connectivity index is 2.89. The number of aryl methyl sites for hydroxylation is 2. The van der Waals surface area contributed by atoms with Gasteiger partial charge in [-0.25, -0.2) is 0 Å². The van der Waals surface area contributed by atoms with Gasteiger partial charge in [-0.1, -0.05) is 0 Å². The fourth-order valence-corrected chi connectivity index (χ4v) is 1.30. The highest BCUT2D eigenvalue weighted by Gasteiger charge is 2.22. The molecule has 14 heavy (non-hydrogen) atoms. The number of nitrogens with one attached hydrogen (secondary N) is 1. The van der Waals surface area contributed by atoms with Gasteiger partial charge in [0.2, 0.25) is 0 Å². The van der Waals surface area contributed by atoms with Crippen molar-refractivity contribution >= 4 is 0 Å². The van der Waals surface area contributed by atoms with E-state index in [2.05, 4.69) is 16.5 Å². The summed E-state index contributed by atoms with van der Waals surface area (Å²) >= 11 is 0. The molecule has 1 aromatic heterocycles. The van der Waals surface area contributed by atoms with Gasteiger partial charge in [-0.15, -0.1) is 0 Å². The summed E-state index contributed by atoms with van der Waals surface area (Å²) in [6, 6.07) is 4.25. The minimum absolute atomic E-state index is 0.552. The number of hydrogen-bond acceptors (Lipinski definition) is 3. The van der Waals surface area contributed by atoms with Crippen LogP contribution in [-0.2, 0) is 6.54 Å². The first-order valence-electron chi connectivity index (χ1n) is 4.62. The molecule has 1 unspecified atom stereocenters. The molecule has 0 radical (unpaired) electrons. The summed E-state index contributed by atoms with van der Waals surface area (Å²) in [4.78, 5) is 0. The van der Waals surface area contributed by atoms with Gasteiger partial charge in [-0.2, -0.15) is 10.4 Å². The number of hydrogen-bond donors (Lipinski definition) is 1. The standard InChI is InChI=1S/C10H16N4/c1-8-5-9(2)14(13-8)7-10(3,6-11)12-4/h5,12H,7H2,1-4H3. The molecule has 4 nitrogen and oxygen atoms in total. The van der Waals surface area contributed by atoms with Crippen molar-refractivity contribution in [1.29, 1.82) is 5.26 Å². The van der Waals surface area contributed by atoms with Crippen molar-refractivity contribution in [3.63, 3.8) is 0 Å². The highest BCUT2D eigenvalue weighted by Crippen LogP contribution is 2.09. The highest BCUT2D eigenvalue weighted by molar-refractivity contribution is 5.10. The fraction of sp³-hybridized carbons (Fsp3) is 0.600. The van der Waals surface area contributed by atoms with Crippen molar-refractivity contribution in [2.45, 2.75) is 32.9 Å². The van der Waals surface area contributed by atoms with Crippen LogP contribution in [0.1, 0.15) is 18.3 Å². The van der Waals surface area contributed by atoms with Crippen LogP contribution in [0.5, 0.6) is 0 Å². The van der Waals surface area contributed by atoms with E-state index in [1.165, 1.54) is 0 Å². The van der Waals surface area contributed by atoms with Crippen molar-refractivity contribution in [3.8, 4) is 6.07 Å². The van der Waals surface area contributed by atoms with Gasteiger partial charge in [-0.3, -0.25) is 4.68 Å². The Bertz CT molecular complexity index is 361. The van der Waals surface area contributed by atoms with Crippen LogP contribution in [0.4, 0.5) is 0 Å². The quantitative estimate of drug-likeness (QED) is 0.777. The number of aromatic nitrogens is 2. The Labute approximate surface area is 84.5 Å². The van der Waals surface area contributed by atoms with Crippen LogP contribution >= 0.6 is 0 Å². The predicted octanol–water partition coefficient (Wildman–Crippen LogP) is 1.00. The topological polar surface area (TPSA) is 53.6 Å². The maximum atomic E-state index is 8.99. The molecule has 0 aliphatic heterocycles. The van der Waals surface area contributed by atoms with Crippen LogP contribution in [0, 0.1) is 25.2 Å². The monoisotopic (exact) mass is 192 g/mol. The third kappa shape index (κ3) is 2.12. The van der Waals surface area contributed by atoms with Crippen LogP contribution < -0.4 is 5.32 Å². The largest absolute Gasteiger partial charge is 0.301 e. The van der Waals surface area contributed by atoms with Gasteiger partial charge >= 0.3 is 0 Å². The minimum atomic E-state index is -0.552. The van der Waals surface area contributed by atoms with Gasteiger partial charge in [0.1, 0.15) is 5.54 Å². The molecule has 0 amide bonds. The van der Waals surface area contributed by atoms with E-state index in [0.717, 1.165) is 11.4 Å². The lowest BCUT2D eigenvalue weighted by molar-refractivity contribution is 0.391. The Morgan fingerprint density at radius 3 is 2.64 bits per heavy atom. The molecule has 0 fully saturated rings. The van der Waals surface area contributed by atoms with Crippen LogP contribution in [-0.4, -0.2) is 22.4 Å². The number of rotatable bonds is 3. The van der Waals surface area contributed by atoms with Crippen molar-refractivity contribution in [2.24, 2.45) is 0 Å². The first-order valence-corrected chi connectivity index (χ1v) is 4.62. The average Bonchev–Trinajstić information content (AvgIpc) is 2.45. The van der Waals surface area contributed by atoms with Crippen LogP contribution in [0.25, 0.3) is 0 Å². The third-order valence-electron chi connectivity index (χ3n) is 2.37. The molecule has 4 heteroatoms. The first kappa shape index (κ1) is 10.7. The van der Waals surface area contributed by atoms with Gasteiger partial charge in [0, 0.05) is 5.69 Å². The molecular formula is C10H16N4. The Morgan fingerprint density at radius 1 is 1.64 bits per heavy atom. The summed E-state index contributed by atoms with van der Waals surface area (Å²) in [5.74, 6) is 0. The number of likely N-dealkylation sites (N-methyl/N-ethyl adjacent to an activating group) is 1. The average molecular weight is 192 g/mol. The molecule has 1 rings (SSSR count). The molecule has 0 aliphatic carbocycles. The lowest BCUT2D eigenvalue weighted by atomic mass is 10.1. The summed E-state index contributed by atoms with van der Waals surface area (Å²) in [6.07, 6.45) is 0. The normalized spacial score (nSPS) is 14.8. The number of nitrogens with zero attached hydrogens (tertiary/aromatic N) is 3. The van der Waals surface area contributed by atoms with E-state index in [1.54, 1.807) is 7.05 Å². The second kappa shape index (κ2) is 3.81. The fourth-order valence-electron chi connectivity index (χ4n) is 1.30. The highest BCUT2D eigenvalue weighted by atomic mass is 15.3. The van der Waals surface area contributed by atoms with Crippen LogP contribution in [0.2, 0.25) is 0 Å². The molecule has 0 aliphatic rings.